The molecule has 1 heterocycles. The maximum atomic E-state index is 13.8. The molecular formula is C13H13F2N3O. The number of halogens is 2. The van der Waals surface area contributed by atoms with Crippen LogP contribution in [0.5, 0.6) is 0 Å². The second kappa shape index (κ2) is 4.01. The van der Waals surface area contributed by atoms with E-state index in [0.29, 0.717) is 5.96 Å². The fraction of sp³-hybridized carbons (Fsp3) is 0.385. The molecule has 1 aliphatic carbocycles. The Balaban J connectivity index is 1.98. The third kappa shape index (κ3) is 2.07. The van der Waals surface area contributed by atoms with Crippen molar-refractivity contribution in [3.8, 4) is 0 Å². The zero-order valence-electron chi connectivity index (χ0n) is 10.3. The minimum atomic E-state index is -1.33. The van der Waals surface area contributed by atoms with E-state index in [9.17, 15) is 13.6 Å². The maximum absolute atomic E-state index is 13.8. The summed E-state index contributed by atoms with van der Waals surface area (Å²) in [7, 11) is 0. The van der Waals surface area contributed by atoms with Gasteiger partial charge in [-0.25, -0.2) is 13.8 Å². The molecule has 3 rings (SSSR count). The van der Waals surface area contributed by atoms with Crippen molar-refractivity contribution < 1.29 is 13.6 Å². The molecule has 1 aromatic rings. The summed E-state index contributed by atoms with van der Waals surface area (Å²) in [6.07, 6.45) is 1.98. The predicted molar refractivity (Wildman–Crippen MR) is 65.4 cm³/mol. The summed E-state index contributed by atoms with van der Waals surface area (Å²) in [6, 6.07) is 3.29. The van der Waals surface area contributed by atoms with E-state index in [1.54, 1.807) is 0 Å². The number of amides is 1. The SMILES string of the molecule is CC1(c2cc(F)ccc2F)NC(=NC2CC2)NC1=O. The lowest BCUT2D eigenvalue weighted by Crippen LogP contribution is -2.41. The van der Waals surface area contributed by atoms with Crippen LogP contribution in [0.15, 0.2) is 23.2 Å². The highest BCUT2D eigenvalue weighted by molar-refractivity contribution is 6.09. The number of guanidine groups is 1. The van der Waals surface area contributed by atoms with E-state index in [2.05, 4.69) is 15.6 Å². The first kappa shape index (κ1) is 12.1. The topological polar surface area (TPSA) is 53.5 Å². The molecule has 0 bridgehead atoms. The third-order valence-corrected chi connectivity index (χ3v) is 3.38. The number of hydrogen-bond acceptors (Lipinski definition) is 2. The van der Waals surface area contributed by atoms with Gasteiger partial charge in [-0.2, -0.15) is 0 Å². The van der Waals surface area contributed by atoms with E-state index in [-0.39, 0.29) is 11.6 Å². The average molecular weight is 265 g/mol. The summed E-state index contributed by atoms with van der Waals surface area (Å²) >= 11 is 0. The van der Waals surface area contributed by atoms with E-state index in [0.717, 1.165) is 31.0 Å². The van der Waals surface area contributed by atoms with Crippen molar-refractivity contribution in [2.75, 3.05) is 0 Å². The molecule has 0 aromatic heterocycles. The van der Waals surface area contributed by atoms with Crippen LogP contribution in [0.4, 0.5) is 8.78 Å². The molecule has 2 fully saturated rings. The Morgan fingerprint density at radius 3 is 2.79 bits per heavy atom. The van der Waals surface area contributed by atoms with Crippen LogP contribution in [0.2, 0.25) is 0 Å². The third-order valence-electron chi connectivity index (χ3n) is 3.38. The Labute approximate surface area is 108 Å². The van der Waals surface area contributed by atoms with Gasteiger partial charge in [-0.3, -0.25) is 10.1 Å². The number of aliphatic imine (C=N–C) groups is 1. The van der Waals surface area contributed by atoms with E-state index in [4.69, 9.17) is 0 Å². The molecule has 1 saturated heterocycles. The van der Waals surface area contributed by atoms with Gasteiger partial charge >= 0.3 is 0 Å². The molecule has 19 heavy (non-hydrogen) atoms. The number of hydrogen-bond donors (Lipinski definition) is 2. The standard InChI is InChI=1S/C13H13F2N3O/c1-13(9-6-7(14)2-5-10(9)15)11(19)17-12(18-13)16-8-3-4-8/h2,5-6,8H,3-4H2,1H3,(H2,16,17,18,19). The van der Waals surface area contributed by atoms with E-state index in [1.165, 1.54) is 6.92 Å². The average Bonchev–Trinajstić information content (AvgIpc) is 3.10. The number of benzene rings is 1. The Morgan fingerprint density at radius 1 is 1.37 bits per heavy atom. The zero-order chi connectivity index (χ0) is 13.6. The highest BCUT2D eigenvalue weighted by Crippen LogP contribution is 2.29. The first-order valence-electron chi connectivity index (χ1n) is 6.12. The zero-order valence-corrected chi connectivity index (χ0v) is 10.3. The van der Waals surface area contributed by atoms with Gasteiger partial charge in [0, 0.05) is 5.56 Å². The molecule has 4 nitrogen and oxygen atoms in total. The molecule has 1 aromatic carbocycles. The number of carbonyl (C=O) groups is 1. The molecule has 1 atom stereocenters. The van der Waals surface area contributed by atoms with Gasteiger partial charge in [0.15, 0.2) is 5.96 Å². The number of rotatable bonds is 2. The Morgan fingerprint density at radius 2 is 2.11 bits per heavy atom. The summed E-state index contributed by atoms with van der Waals surface area (Å²) in [6.45, 7) is 1.51. The van der Waals surface area contributed by atoms with Gasteiger partial charge in [0.25, 0.3) is 5.91 Å². The van der Waals surface area contributed by atoms with Crippen molar-refractivity contribution in [2.24, 2.45) is 4.99 Å². The monoisotopic (exact) mass is 265 g/mol. The minimum absolute atomic E-state index is 0.0222. The van der Waals surface area contributed by atoms with Gasteiger partial charge in [0.1, 0.15) is 17.2 Å². The van der Waals surface area contributed by atoms with Crippen molar-refractivity contribution in [2.45, 2.75) is 31.3 Å². The van der Waals surface area contributed by atoms with Crippen molar-refractivity contribution in [1.29, 1.82) is 0 Å². The Bertz CT molecular complexity index is 583. The van der Waals surface area contributed by atoms with Gasteiger partial charge in [-0.05, 0) is 38.0 Å². The van der Waals surface area contributed by atoms with E-state index in [1.807, 2.05) is 0 Å². The molecule has 1 aliphatic heterocycles. The molecule has 2 N–H and O–H groups in total. The van der Waals surface area contributed by atoms with Gasteiger partial charge < -0.3 is 5.32 Å². The number of carbonyl (C=O) groups excluding carboxylic acids is 1. The van der Waals surface area contributed by atoms with Crippen LogP contribution in [-0.2, 0) is 10.3 Å². The quantitative estimate of drug-likeness (QED) is 0.849. The summed E-state index contributed by atoms with van der Waals surface area (Å²) in [5.41, 5.74) is -1.36. The highest BCUT2D eigenvalue weighted by Gasteiger charge is 2.44. The van der Waals surface area contributed by atoms with Gasteiger partial charge in [0.05, 0.1) is 6.04 Å². The second-order valence-corrected chi connectivity index (χ2v) is 5.04. The summed E-state index contributed by atoms with van der Waals surface area (Å²) in [5, 5.41) is 5.43. The van der Waals surface area contributed by atoms with E-state index < -0.39 is 23.1 Å². The molecule has 1 unspecified atom stereocenters. The fourth-order valence-electron chi connectivity index (χ4n) is 2.08. The van der Waals surface area contributed by atoms with Gasteiger partial charge in [0.2, 0.25) is 0 Å². The normalized spacial score (nSPS) is 28.4. The lowest BCUT2D eigenvalue weighted by Gasteiger charge is -2.22. The molecule has 0 spiro atoms. The number of nitrogens with one attached hydrogen (secondary N) is 2. The maximum Gasteiger partial charge on any atom is 0.256 e. The summed E-state index contributed by atoms with van der Waals surface area (Å²) in [4.78, 5) is 16.3. The minimum Gasteiger partial charge on any atom is -0.338 e. The largest absolute Gasteiger partial charge is 0.338 e. The van der Waals surface area contributed by atoms with Crippen LogP contribution in [0.25, 0.3) is 0 Å². The first-order chi connectivity index (χ1) is 8.99. The molecular weight excluding hydrogens is 252 g/mol. The molecule has 1 amide bonds. The first-order valence-corrected chi connectivity index (χ1v) is 6.12. The van der Waals surface area contributed by atoms with Crippen molar-refractivity contribution in [1.82, 2.24) is 10.6 Å². The number of nitrogens with zero attached hydrogens (tertiary/aromatic N) is 1. The molecule has 100 valence electrons. The Kier molecular flexibility index (Phi) is 2.55. The van der Waals surface area contributed by atoms with Crippen molar-refractivity contribution in [3.63, 3.8) is 0 Å². The predicted octanol–water partition coefficient (Wildman–Crippen LogP) is 1.42. The highest BCUT2D eigenvalue weighted by atomic mass is 19.1. The molecule has 6 heteroatoms. The van der Waals surface area contributed by atoms with Crippen molar-refractivity contribution in [3.05, 3.63) is 35.4 Å². The fourth-order valence-corrected chi connectivity index (χ4v) is 2.08. The van der Waals surface area contributed by atoms with Gasteiger partial charge in [-0.1, -0.05) is 0 Å². The van der Waals surface area contributed by atoms with Gasteiger partial charge in [-0.15, -0.1) is 0 Å². The van der Waals surface area contributed by atoms with Crippen LogP contribution in [-0.4, -0.2) is 17.9 Å². The molecule has 2 aliphatic rings. The smallest absolute Gasteiger partial charge is 0.256 e. The van der Waals surface area contributed by atoms with Crippen LogP contribution < -0.4 is 10.6 Å². The molecule has 0 radical (unpaired) electrons. The second-order valence-electron chi connectivity index (χ2n) is 5.04. The van der Waals surface area contributed by atoms with E-state index >= 15 is 0 Å². The van der Waals surface area contributed by atoms with Crippen LogP contribution in [0, 0.1) is 11.6 Å². The summed E-state index contributed by atoms with van der Waals surface area (Å²) < 4.78 is 27.1. The van der Waals surface area contributed by atoms with Crippen molar-refractivity contribution >= 4 is 11.9 Å². The van der Waals surface area contributed by atoms with Crippen LogP contribution in [0.1, 0.15) is 25.3 Å². The van der Waals surface area contributed by atoms with Crippen LogP contribution >= 0.6 is 0 Å². The van der Waals surface area contributed by atoms with Crippen LogP contribution in [0.3, 0.4) is 0 Å². The lowest BCUT2D eigenvalue weighted by molar-refractivity contribution is -0.123. The Hall–Kier alpha value is -1.98. The molecule has 1 saturated carbocycles. The lowest BCUT2D eigenvalue weighted by atomic mass is 9.92. The summed E-state index contributed by atoms with van der Waals surface area (Å²) in [5.74, 6) is -1.31.